The number of rotatable bonds is 5. The molecule has 0 fully saturated rings. The van der Waals surface area contributed by atoms with Crippen molar-refractivity contribution in [3.8, 4) is 5.75 Å². The monoisotopic (exact) mass is 310 g/mol. The molecule has 3 aromatic rings. The Labute approximate surface area is 138 Å². The lowest BCUT2D eigenvalue weighted by atomic mass is 10.0. The SMILES string of the molecule is Cc1ccc2c(oc3c(C)c(OCCCC(C)C)ccc32)c1C. The zero-order valence-corrected chi connectivity index (χ0v) is 14.8. The lowest BCUT2D eigenvalue weighted by molar-refractivity contribution is 0.296. The van der Waals surface area contributed by atoms with Crippen molar-refractivity contribution in [1.29, 1.82) is 0 Å². The van der Waals surface area contributed by atoms with Crippen LogP contribution < -0.4 is 4.74 Å². The van der Waals surface area contributed by atoms with Crippen LogP contribution in [0.2, 0.25) is 0 Å². The summed E-state index contributed by atoms with van der Waals surface area (Å²) in [5.74, 6) is 1.67. The second kappa shape index (κ2) is 6.27. The van der Waals surface area contributed by atoms with Crippen molar-refractivity contribution >= 4 is 21.9 Å². The zero-order valence-electron chi connectivity index (χ0n) is 14.8. The maximum absolute atomic E-state index is 6.20. The normalized spacial score (nSPS) is 11.7. The van der Waals surface area contributed by atoms with Crippen LogP contribution in [-0.4, -0.2) is 6.61 Å². The molecule has 0 aliphatic carbocycles. The lowest BCUT2D eigenvalue weighted by Gasteiger charge is -2.10. The summed E-state index contributed by atoms with van der Waals surface area (Å²) in [5, 5.41) is 2.37. The predicted octanol–water partition coefficient (Wildman–Crippen LogP) is 6.33. The van der Waals surface area contributed by atoms with Gasteiger partial charge in [0.15, 0.2) is 0 Å². The third-order valence-electron chi connectivity index (χ3n) is 4.71. The molecule has 0 bridgehead atoms. The quantitative estimate of drug-likeness (QED) is 0.514. The van der Waals surface area contributed by atoms with Gasteiger partial charge in [-0.15, -0.1) is 0 Å². The molecule has 122 valence electrons. The standard InChI is InChI=1S/C21H26O2/c1-13(2)7-6-12-22-19-11-10-18-17-9-8-14(3)15(4)20(17)23-21(18)16(19)5/h8-11,13H,6-7,12H2,1-5H3. The number of ether oxygens (including phenoxy) is 1. The molecule has 0 N–H and O–H groups in total. The molecule has 0 atom stereocenters. The minimum atomic E-state index is 0.726. The van der Waals surface area contributed by atoms with E-state index >= 15 is 0 Å². The third-order valence-corrected chi connectivity index (χ3v) is 4.71. The van der Waals surface area contributed by atoms with Gasteiger partial charge in [-0.05, 0) is 62.8 Å². The van der Waals surface area contributed by atoms with Gasteiger partial charge in [-0.1, -0.05) is 26.0 Å². The first kappa shape index (κ1) is 15.9. The van der Waals surface area contributed by atoms with E-state index in [-0.39, 0.29) is 0 Å². The first-order chi connectivity index (χ1) is 11.0. The first-order valence-electron chi connectivity index (χ1n) is 8.54. The molecule has 0 saturated carbocycles. The molecule has 0 unspecified atom stereocenters. The van der Waals surface area contributed by atoms with Crippen LogP contribution in [-0.2, 0) is 0 Å². The van der Waals surface area contributed by atoms with Gasteiger partial charge in [0.25, 0.3) is 0 Å². The topological polar surface area (TPSA) is 22.4 Å². The van der Waals surface area contributed by atoms with Gasteiger partial charge in [0.2, 0.25) is 0 Å². The molecular weight excluding hydrogens is 284 g/mol. The predicted molar refractivity (Wildman–Crippen MR) is 97.5 cm³/mol. The molecule has 0 aliphatic rings. The molecular formula is C21H26O2. The highest BCUT2D eigenvalue weighted by molar-refractivity contribution is 6.07. The number of benzene rings is 2. The Morgan fingerprint density at radius 1 is 0.913 bits per heavy atom. The largest absolute Gasteiger partial charge is 0.493 e. The molecule has 2 aromatic carbocycles. The van der Waals surface area contributed by atoms with Crippen LogP contribution in [0.5, 0.6) is 5.75 Å². The number of furan rings is 1. The number of hydrogen-bond donors (Lipinski definition) is 0. The van der Waals surface area contributed by atoms with Gasteiger partial charge in [-0.25, -0.2) is 0 Å². The van der Waals surface area contributed by atoms with Crippen molar-refractivity contribution in [3.05, 3.63) is 41.0 Å². The summed E-state index contributed by atoms with van der Waals surface area (Å²) < 4.78 is 12.2. The molecule has 1 heterocycles. The molecule has 3 rings (SSSR count). The highest BCUT2D eigenvalue weighted by Crippen LogP contribution is 2.36. The van der Waals surface area contributed by atoms with Gasteiger partial charge >= 0.3 is 0 Å². The lowest BCUT2D eigenvalue weighted by Crippen LogP contribution is -2.00. The number of aryl methyl sites for hydroxylation is 3. The summed E-state index contributed by atoms with van der Waals surface area (Å²) in [6.45, 7) is 11.6. The van der Waals surface area contributed by atoms with Crippen LogP contribution in [0.1, 0.15) is 43.4 Å². The van der Waals surface area contributed by atoms with Gasteiger partial charge in [-0.2, -0.15) is 0 Å². The molecule has 1 aromatic heterocycles. The van der Waals surface area contributed by atoms with E-state index in [0.717, 1.165) is 41.4 Å². The highest BCUT2D eigenvalue weighted by atomic mass is 16.5. The Balaban J connectivity index is 1.96. The fraction of sp³-hybridized carbons (Fsp3) is 0.429. The molecule has 0 amide bonds. The Hall–Kier alpha value is -1.96. The second-order valence-corrected chi connectivity index (χ2v) is 6.94. The van der Waals surface area contributed by atoms with Crippen LogP contribution in [0.3, 0.4) is 0 Å². The van der Waals surface area contributed by atoms with E-state index in [1.54, 1.807) is 0 Å². The fourth-order valence-electron chi connectivity index (χ4n) is 3.08. The Bertz CT molecular complexity index is 840. The van der Waals surface area contributed by atoms with Gasteiger partial charge < -0.3 is 9.15 Å². The van der Waals surface area contributed by atoms with E-state index in [1.165, 1.54) is 28.3 Å². The average molecular weight is 310 g/mol. The summed E-state index contributed by atoms with van der Waals surface area (Å²) in [6, 6.07) is 8.53. The van der Waals surface area contributed by atoms with Gasteiger partial charge in [0.05, 0.1) is 6.61 Å². The van der Waals surface area contributed by atoms with Crippen molar-refractivity contribution in [3.63, 3.8) is 0 Å². The summed E-state index contributed by atoms with van der Waals surface area (Å²) in [5.41, 5.74) is 5.53. The van der Waals surface area contributed by atoms with E-state index in [1.807, 2.05) is 0 Å². The minimum Gasteiger partial charge on any atom is -0.493 e. The highest BCUT2D eigenvalue weighted by Gasteiger charge is 2.14. The van der Waals surface area contributed by atoms with Crippen molar-refractivity contribution in [2.24, 2.45) is 5.92 Å². The smallest absolute Gasteiger partial charge is 0.142 e. The molecule has 0 spiro atoms. The Kier molecular flexibility index (Phi) is 4.34. The van der Waals surface area contributed by atoms with Gasteiger partial charge in [-0.3, -0.25) is 0 Å². The van der Waals surface area contributed by atoms with Crippen molar-refractivity contribution in [1.82, 2.24) is 0 Å². The van der Waals surface area contributed by atoms with Crippen LogP contribution in [0.25, 0.3) is 21.9 Å². The second-order valence-electron chi connectivity index (χ2n) is 6.94. The maximum Gasteiger partial charge on any atom is 0.142 e. The minimum absolute atomic E-state index is 0.726. The summed E-state index contributed by atoms with van der Waals surface area (Å²) >= 11 is 0. The fourth-order valence-corrected chi connectivity index (χ4v) is 3.08. The maximum atomic E-state index is 6.20. The summed E-state index contributed by atoms with van der Waals surface area (Å²) in [7, 11) is 0. The Morgan fingerprint density at radius 3 is 2.26 bits per heavy atom. The van der Waals surface area contributed by atoms with E-state index in [2.05, 4.69) is 58.9 Å². The molecule has 0 radical (unpaired) electrons. The van der Waals surface area contributed by atoms with E-state index in [4.69, 9.17) is 9.15 Å². The zero-order chi connectivity index (χ0) is 16.6. The number of hydrogen-bond acceptors (Lipinski definition) is 2. The van der Waals surface area contributed by atoms with E-state index in [0.29, 0.717) is 0 Å². The number of fused-ring (bicyclic) bond motifs is 3. The summed E-state index contributed by atoms with van der Waals surface area (Å²) in [4.78, 5) is 0. The van der Waals surface area contributed by atoms with Crippen LogP contribution >= 0.6 is 0 Å². The van der Waals surface area contributed by atoms with Gasteiger partial charge in [0, 0.05) is 16.3 Å². The van der Waals surface area contributed by atoms with Crippen molar-refractivity contribution in [2.45, 2.75) is 47.5 Å². The van der Waals surface area contributed by atoms with Gasteiger partial charge in [0.1, 0.15) is 16.9 Å². The molecule has 23 heavy (non-hydrogen) atoms. The molecule has 2 nitrogen and oxygen atoms in total. The van der Waals surface area contributed by atoms with Crippen molar-refractivity contribution < 1.29 is 9.15 Å². The molecule has 2 heteroatoms. The van der Waals surface area contributed by atoms with E-state index < -0.39 is 0 Å². The van der Waals surface area contributed by atoms with Crippen LogP contribution in [0.15, 0.2) is 28.7 Å². The average Bonchev–Trinajstić information content (AvgIpc) is 2.89. The van der Waals surface area contributed by atoms with Crippen LogP contribution in [0, 0.1) is 26.7 Å². The summed E-state index contributed by atoms with van der Waals surface area (Å²) in [6.07, 6.45) is 2.29. The van der Waals surface area contributed by atoms with Crippen LogP contribution in [0.4, 0.5) is 0 Å². The first-order valence-corrected chi connectivity index (χ1v) is 8.54. The third kappa shape index (κ3) is 2.95. The van der Waals surface area contributed by atoms with Crippen molar-refractivity contribution in [2.75, 3.05) is 6.61 Å². The Morgan fingerprint density at radius 2 is 1.57 bits per heavy atom. The molecule has 0 aliphatic heterocycles. The van der Waals surface area contributed by atoms with E-state index in [9.17, 15) is 0 Å². The molecule has 0 saturated heterocycles.